The summed E-state index contributed by atoms with van der Waals surface area (Å²) in [6, 6.07) is 7.64. The molecule has 1 aromatic carbocycles. The highest BCUT2D eigenvalue weighted by Gasteiger charge is 2.36. The van der Waals surface area contributed by atoms with Crippen LogP contribution in [0.15, 0.2) is 18.2 Å². The van der Waals surface area contributed by atoms with E-state index in [0.717, 1.165) is 13.1 Å². The lowest BCUT2D eigenvalue weighted by Crippen LogP contribution is -2.37. The Balaban J connectivity index is 2.38. The summed E-state index contributed by atoms with van der Waals surface area (Å²) in [5.74, 6) is 0.657. The molecular weight excluding hydrogens is 232 g/mol. The maximum absolute atomic E-state index is 2.60. The molecule has 1 aliphatic heterocycles. The van der Waals surface area contributed by atoms with Crippen LogP contribution in [0.2, 0.25) is 0 Å². The van der Waals surface area contributed by atoms with Gasteiger partial charge in [-0.1, -0.05) is 31.5 Å². The number of aryl methyl sites for hydroxylation is 1. The number of hydrogen-bond donors (Lipinski definition) is 0. The van der Waals surface area contributed by atoms with Gasteiger partial charge in [-0.15, -0.1) is 0 Å². The molecule has 106 valence electrons. The highest BCUT2D eigenvalue weighted by Crippen LogP contribution is 2.42. The van der Waals surface area contributed by atoms with Gasteiger partial charge in [0.2, 0.25) is 0 Å². The van der Waals surface area contributed by atoms with E-state index in [-0.39, 0.29) is 0 Å². The molecule has 0 amide bonds. The summed E-state index contributed by atoms with van der Waals surface area (Å²) in [6.07, 6.45) is 1.23. The zero-order valence-corrected chi connectivity index (χ0v) is 13.1. The summed E-state index contributed by atoms with van der Waals surface area (Å²) in [5, 5.41) is 0. The lowest BCUT2D eigenvalue weighted by atomic mass is 9.92. The summed E-state index contributed by atoms with van der Waals surface area (Å²) >= 11 is 0. The average Bonchev–Trinajstić information content (AvgIpc) is 2.71. The molecule has 0 radical (unpaired) electrons. The molecule has 2 rings (SSSR count). The normalized spacial score (nSPS) is 22.1. The van der Waals surface area contributed by atoms with E-state index in [9.17, 15) is 0 Å². The second-order valence-corrected chi connectivity index (χ2v) is 5.79. The Kier molecular flexibility index (Phi) is 4.51. The molecule has 2 heteroatoms. The fourth-order valence-corrected chi connectivity index (χ4v) is 3.43. The maximum atomic E-state index is 2.60. The van der Waals surface area contributed by atoms with Gasteiger partial charge in [-0.25, -0.2) is 0 Å². The van der Waals surface area contributed by atoms with Crippen molar-refractivity contribution in [1.29, 1.82) is 0 Å². The number of nitrogens with zero attached hydrogens (tertiary/aromatic N) is 2. The zero-order valence-electron chi connectivity index (χ0n) is 13.1. The van der Waals surface area contributed by atoms with Gasteiger partial charge in [-0.3, -0.25) is 0 Å². The number of benzene rings is 1. The molecule has 1 heterocycles. The first-order valence-corrected chi connectivity index (χ1v) is 7.68. The van der Waals surface area contributed by atoms with Crippen LogP contribution in [0.5, 0.6) is 0 Å². The third-order valence-electron chi connectivity index (χ3n) is 4.56. The Morgan fingerprint density at radius 1 is 1.21 bits per heavy atom. The Hall–Kier alpha value is -1.02. The van der Waals surface area contributed by atoms with E-state index in [4.69, 9.17) is 0 Å². The Morgan fingerprint density at radius 3 is 2.53 bits per heavy atom. The van der Waals surface area contributed by atoms with Gasteiger partial charge in [0.05, 0.1) is 0 Å². The van der Waals surface area contributed by atoms with Crippen LogP contribution in [-0.2, 0) is 0 Å². The third-order valence-corrected chi connectivity index (χ3v) is 4.56. The molecule has 0 fully saturated rings. The summed E-state index contributed by atoms with van der Waals surface area (Å²) in [4.78, 5) is 5.04. The summed E-state index contributed by atoms with van der Waals surface area (Å²) in [7, 11) is 2.23. The molecule has 0 N–H and O–H groups in total. The predicted octanol–water partition coefficient (Wildman–Crippen LogP) is 3.65. The van der Waals surface area contributed by atoms with E-state index >= 15 is 0 Å². The first-order valence-electron chi connectivity index (χ1n) is 7.68. The van der Waals surface area contributed by atoms with Crippen molar-refractivity contribution < 1.29 is 0 Å². The van der Waals surface area contributed by atoms with Gasteiger partial charge in [0.25, 0.3) is 0 Å². The molecule has 1 aliphatic rings. The number of hydrogen-bond acceptors (Lipinski definition) is 2. The van der Waals surface area contributed by atoms with Crippen LogP contribution in [0.25, 0.3) is 0 Å². The summed E-state index contributed by atoms with van der Waals surface area (Å²) in [6.45, 7) is 12.5. The van der Waals surface area contributed by atoms with E-state index in [1.807, 2.05) is 0 Å². The van der Waals surface area contributed by atoms with Gasteiger partial charge < -0.3 is 9.80 Å². The minimum absolute atomic E-state index is 0.657. The van der Waals surface area contributed by atoms with Crippen LogP contribution < -0.4 is 4.90 Å². The van der Waals surface area contributed by atoms with Crippen molar-refractivity contribution in [3.05, 3.63) is 29.3 Å². The Bertz CT molecular complexity index is 427. The second-order valence-electron chi connectivity index (χ2n) is 5.79. The Labute approximate surface area is 118 Å². The van der Waals surface area contributed by atoms with Crippen molar-refractivity contribution in [1.82, 2.24) is 4.90 Å². The van der Waals surface area contributed by atoms with Crippen LogP contribution in [0, 0.1) is 6.92 Å². The quantitative estimate of drug-likeness (QED) is 0.797. The minimum Gasteiger partial charge on any atom is -0.368 e. The van der Waals surface area contributed by atoms with Crippen molar-refractivity contribution in [3.8, 4) is 0 Å². The van der Waals surface area contributed by atoms with E-state index in [2.05, 4.69) is 62.7 Å². The third kappa shape index (κ3) is 2.64. The molecule has 0 aliphatic carbocycles. The standard InChI is InChI=1S/C17H28N2/c1-6-16-15(12-18(5)7-2)14-11-13(4)9-10-17(14)19(16)8-3/h9-11,15-16H,6-8,12H2,1-5H3/t15-,16?/m0/s1. The Morgan fingerprint density at radius 2 is 1.95 bits per heavy atom. The molecule has 2 atom stereocenters. The first kappa shape index (κ1) is 14.4. The molecule has 19 heavy (non-hydrogen) atoms. The smallest absolute Gasteiger partial charge is 0.0405 e. The van der Waals surface area contributed by atoms with Crippen molar-refractivity contribution in [2.45, 2.75) is 46.1 Å². The summed E-state index contributed by atoms with van der Waals surface area (Å²) in [5.41, 5.74) is 4.42. The fourth-order valence-electron chi connectivity index (χ4n) is 3.43. The molecule has 0 saturated heterocycles. The van der Waals surface area contributed by atoms with Crippen molar-refractivity contribution >= 4 is 5.69 Å². The van der Waals surface area contributed by atoms with Gasteiger partial charge in [-0.2, -0.15) is 0 Å². The molecule has 0 spiro atoms. The second kappa shape index (κ2) is 5.96. The zero-order chi connectivity index (χ0) is 14.0. The van der Waals surface area contributed by atoms with Crippen LogP contribution in [0.1, 0.15) is 44.2 Å². The SMILES string of the molecule is CCC1[C@@H](CN(C)CC)c2cc(C)ccc2N1CC. The maximum Gasteiger partial charge on any atom is 0.0405 e. The fraction of sp³-hybridized carbons (Fsp3) is 0.647. The lowest BCUT2D eigenvalue weighted by molar-refractivity contribution is 0.308. The van der Waals surface area contributed by atoms with Crippen molar-refractivity contribution in [3.63, 3.8) is 0 Å². The van der Waals surface area contributed by atoms with Gasteiger partial charge in [0.15, 0.2) is 0 Å². The molecule has 2 nitrogen and oxygen atoms in total. The molecular formula is C17H28N2. The van der Waals surface area contributed by atoms with Gasteiger partial charge >= 0.3 is 0 Å². The van der Waals surface area contributed by atoms with Crippen LogP contribution in [0.3, 0.4) is 0 Å². The van der Waals surface area contributed by atoms with Crippen LogP contribution in [-0.4, -0.2) is 37.6 Å². The topological polar surface area (TPSA) is 6.48 Å². The monoisotopic (exact) mass is 260 g/mol. The average molecular weight is 260 g/mol. The molecule has 0 bridgehead atoms. The van der Waals surface area contributed by atoms with Gasteiger partial charge in [-0.05, 0) is 45.5 Å². The van der Waals surface area contributed by atoms with Gasteiger partial charge in [0, 0.05) is 30.7 Å². The van der Waals surface area contributed by atoms with Crippen molar-refractivity contribution in [2.75, 3.05) is 31.6 Å². The van der Waals surface area contributed by atoms with E-state index in [0.29, 0.717) is 12.0 Å². The van der Waals surface area contributed by atoms with Gasteiger partial charge in [0.1, 0.15) is 0 Å². The van der Waals surface area contributed by atoms with Crippen LogP contribution in [0.4, 0.5) is 5.69 Å². The largest absolute Gasteiger partial charge is 0.368 e. The van der Waals surface area contributed by atoms with E-state index < -0.39 is 0 Å². The van der Waals surface area contributed by atoms with E-state index in [1.54, 1.807) is 5.56 Å². The minimum atomic E-state index is 0.657. The van der Waals surface area contributed by atoms with E-state index in [1.165, 1.54) is 24.2 Å². The molecule has 0 saturated carbocycles. The lowest BCUT2D eigenvalue weighted by Gasteiger charge is -2.30. The number of rotatable bonds is 5. The van der Waals surface area contributed by atoms with Crippen LogP contribution >= 0.6 is 0 Å². The summed E-state index contributed by atoms with van der Waals surface area (Å²) < 4.78 is 0. The predicted molar refractivity (Wildman–Crippen MR) is 84.2 cm³/mol. The molecule has 1 unspecified atom stereocenters. The number of likely N-dealkylation sites (N-methyl/N-ethyl adjacent to an activating group) is 2. The number of anilines is 1. The molecule has 1 aromatic rings. The number of fused-ring (bicyclic) bond motifs is 1. The molecule has 0 aromatic heterocycles. The highest BCUT2D eigenvalue weighted by molar-refractivity contribution is 5.63. The highest BCUT2D eigenvalue weighted by atomic mass is 15.2. The van der Waals surface area contributed by atoms with Crippen molar-refractivity contribution in [2.24, 2.45) is 0 Å². The first-order chi connectivity index (χ1) is 9.12.